The largest absolute Gasteiger partial charge is 0.507 e. The van der Waals surface area contributed by atoms with Crippen molar-refractivity contribution >= 4 is 60.4 Å². The molecule has 10 unspecified atom stereocenters. The number of amides is 1. The number of ketones is 2. The third-order valence-corrected chi connectivity index (χ3v) is 16.0. The monoisotopic (exact) mass is 1150 g/mol. The van der Waals surface area contributed by atoms with E-state index in [1.165, 1.54) is 32.2 Å². The van der Waals surface area contributed by atoms with Gasteiger partial charge in [-0.05, 0) is 56.4 Å². The molecule has 430 valence electrons. The van der Waals surface area contributed by atoms with Gasteiger partial charge in [-0.3, -0.25) is 39.4 Å². The molecule has 0 bridgehead atoms. The summed E-state index contributed by atoms with van der Waals surface area (Å²) in [4.78, 5) is 86.6. The number of aromatic hydroxyl groups is 2. The number of benzene rings is 3. The Balaban J connectivity index is 1.01. The molecular weight excluding hydrogens is 1080 g/mol. The Morgan fingerprint density at radius 2 is 1.76 bits per heavy atom. The van der Waals surface area contributed by atoms with Gasteiger partial charge in [0, 0.05) is 68.4 Å². The second-order valence-electron chi connectivity index (χ2n) is 19.6. The Kier molecular flexibility index (Phi) is 19.3. The average molecular weight is 1150 g/mol. The van der Waals surface area contributed by atoms with E-state index in [-0.39, 0.29) is 65.5 Å². The number of hydrazone groups is 1. The second kappa shape index (κ2) is 25.2. The van der Waals surface area contributed by atoms with Crippen LogP contribution in [0.3, 0.4) is 0 Å². The number of phenolic OH excluding ortho intramolecular Hbond substituents is 2. The number of rotatable bonds is 24. The molecule has 0 spiro atoms. The predicted octanol–water partition coefficient (Wildman–Crippen LogP) is -0.531. The van der Waals surface area contributed by atoms with Gasteiger partial charge in [-0.25, -0.2) is 5.43 Å². The minimum atomic E-state index is -5.16. The third-order valence-electron chi connectivity index (χ3n) is 14.3. The number of carboxylic acid groups (broad SMARTS) is 1. The molecule has 7 rings (SSSR count). The molecule has 0 aromatic heterocycles. The molecule has 1 amide bonds. The topological polar surface area (TPSA) is 415 Å². The fourth-order valence-corrected chi connectivity index (χ4v) is 11.4. The maximum absolute atomic E-state index is 14.2. The van der Waals surface area contributed by atoms with Gasteiger partial charge in [-0.1, -0.05) is 24.3 Å². The Morgan fingerprint density at radius 1 is 1.04 bits per heavy atom. The number of nitrogens with one attached hydrogen (secondary N) is 4. The summed E-state index contributed by atoms with van der Waals surface area (Å²) < 4.78 is 40.8. The van der Waals surface area contributed by atoms with E-state index in [1.807, 2.05) is 0 Å². The number of aliphatic hydroxyl groups is 5. The van der Waals surface area contributed by atoms with Crippen LogP contribution in [0.1, 0.15) is 100 Å². The van der Waals surface area contributed by atoms with Crippen molar-refractivity contribution in [2.45, 2.75) is 112 Å². The summed E-state index contributed by atoms with van der Waals surface area (Å²) in [5, 5.41) is 90.8. The number of fused-ring (bicyclic) bond motifs is 3. The van der Waals surface area contributed by atoms with E-state index < -0.39 is 158 Å². The highest BCUT2D eigenvalue weighted by molar-refractivity contribution is 7.80. The highest BCUT2D eigenvalue weighted by Crippen LogP contribution is 2.59. The van der Waals surface area contributed by atoms with E-state index in [0.717, 1.165) is 0 Å². The van der Waals surface area contributed by atoms with Gasteiger partial charge in [0.1, 0.15) is 40.4 Å². The van der Waals surface area contributed by atoms with Crippen LogP contribution in [-0.4, -0.2) is 184 Å². The minimum absolute atomic E-state index is 0.00973. The van der Waals surface area contributed by atoms with Crippen molar-refractivity contribution in [3.05, 3.63) is 81.4 Å². The van der Waals surface area contributed by atoms with Crippen LogP contribution in [0.5, 0.6) is 23.0 Å². The van der Waals surface area contributed by atoms with Crippen molar-refractivity contribution in [1.82, 2.24) is 26.5 Å². The minimum Gasteiger partial charge on any atom is -0.507 e. The molecule has 29 heteroatoms. The number of aliphatic carboxylic acids is 1. The van der Waals surface area contributed by atoms with Crippen LogP contribution < -0.4 is 31.1 Å². The molecule has 0 radical (unpaired) electrons. The van der Waals surface area contributed by atoms with Crippen molar-refractivity contribution in [2.24, 2.45) is 11.0 Å². The number of hydrogen-bond donors (Lipinski definition) is 14. The molecule has 10 atom stereocenters. The summed E-state index contributed by atoms with van der Waals surface area (Å²) in [6, 6.07) is 10.1. The van der Waals surface area contributed by atoms with Crippen molar-refractivity contribution in [1.29, 1.82) is 0 Å². The van der Waals surface area contributed by atoms with Gasteiger partial charge in [0.05, 0.1) is 73.7 Å². The van der Waals surface area contributed by atoms with Crippen LogP contribution in [0, 0.1) is 5.92 Å². The lowest BCUT2D eigenvalue weighted by Gasteiger charge is -2.49. The summed E-state index contributed by atoms with van der Waals surface area (Å²) in [6.07, 6.45) is -10.3. The molecule has 4 aliphatic rings. The lowest BCUT2D eigenvalue weighted by Crippen LogP contribution is -2.62. The molecule has 79 heavy (non-hydrogen) atoms. The molecule has 2 aliphatic carbocycles. The van der Waals surface area contributed by atoms with Crippen LogP contribution in [0.4, 0.5) is 0 Å². The highest BCUT2D eigenvalue weighted by Gasteiger charge is 2.62. The molecule has 2 saturated heterocycles. The molecule has 2 heterocycles. The first-order chi connectivity index (χ1) is 37.4. The van der Waals surface area contributed by atoms with E-state index in [2.05, 4.69) is 26.7 Å². The van der Waals surface area contributed by atoms with Crippen LogP contribution in [0.25, 0.3) is 0 Å². The average Bonchev–Trinajstić information content (AvgIpc) is 3.55. The third kappa shape index (κ3) is 13.1. The zero-order valence-corrected chi connectivity index (χ0v) is 44.6. The number of phenols is 2. The van der Waals surface area contributed by atoms with Crippen molar-refractivity contribution in [3.8, 4) is 23.0 Å². The quantitative estimate of drug-likeness (QED) is 0.00797. The van der Waals surface area contributed by atoms with E-state index in [4.69, 9.17) is 41.0 Å². The number of thiocarbonyl (C=S) groups is 1. The zero-order valence-electron chi connectivity index (χ0n) is 42.9. The lowest BCUT2D eigenvalue weighted by molar-refractivity contribution is -0.319. The van der Waals surface area contributed by atoms with Crippen molar-refractivity contribution < 1.29 is 103 Å². The summed E-state index contributed by atoms with van der Waals surface area (Å²) in [5.74, 6) is -6.14. The van der Waals surface area contributed by atoms with Crippen LogP contribution >= 0.6 is 19.8 Å². The molecule has 3 aromatic carbocycles. The van der Waals surface area contributed by atoms with Crippen LogP contribution in [0.2, 0.25) is 0 Å². The van der Waals surface area contributed by atoms with Crippen LogP contribution in [-0.2, 0) is 46.1 Å². The van der Waals surface area contributed by atoms with E-state index in [1.54, 1.807) is 36.2 Å². The summed E-state index contributed by atoms with van der Waals surface area (Å²) >= 11 is 5.38. The number of hydrogen-bond acceptors (Lipinski definition) is 22. The second-order valence-corrected chi connectivity index (χ2v) is 21.9. The number of carbonyl (C=O) groups excluding carboxylic acids is 4. The van der Waals surface area contributed by atoms with Crippen LogP contribution in [0.15, 0.2) is 47.6 Å². The number of carboxylic acids is 1. The maximum Gasteiger partial charge on any atom is 0.357 e. The molecule has 2 aliphatic heterocycles. The van der Waals surface area contributed by atoms with Gasteiger partial charge in [-0.2, -0.15) is 5.10 Å². The van der Waals surface area contributed by atoms with Gasteiger partial charge in [-0.15, -0.1) is 0 Å². The lowest BCUT2D eigenvalue weighted by atomic mass is 9.71. The number of aliphatic hydroxyl groups excluding tert-OH is 3. The first-order valence-corrected chi connectivity index (χ1v) is 26.9. The molecule has 3 aromatic rings. The van der Waals surface area contributed by atoms with Crippen molar-refractivity contribution in [2.75, 3.05) is 40.5 Å². The molecular formula is C50H63N6O21PS. The smallest absolute Gasteiger partial charge is 0.357 e. The standard InChI is InChI=1S/C50H63N6O21PS/c1-24-42(62)29(52-34(59)11-12-35(60)61)18-36(75-24)76-31-20-49(68,19-28-38(31)46(66)40-39(44(28)64)43(63)27-9-5-10-30(73-3)37(27)45(40)65)33(23-58)53-55-48(79)54-51-21-25-7-4-8-26(17-25)74-16-6-14-56(2)15-13-50(69,78(70,71)72)41-32(22-57)77-47(41)67/h4-5,7-10,17,23-24,29,31-32,36,41-42,47,51,57,62,64,66-69H,6,11-16,18-22H2,1-3H3,(H,52,59)(H,60,61)(H2,54,55,79)(H2,70,71,72)/b53-33-. The predicted molar refractivity (Wildman–Crippen MR) is 277 cm³/mol. The number of ether oxygens (including phenoxy) is 5. The van der Waals surface area contributed by atoms with Crippen molar-refractivity contribution in [3.63, 3.8) is 0 Å². The normalized spacial score (nSPS) is 25.4. The first kappa shape index (κ1) is 60.6. The number of methoxy groups -OCH3 is 1. The molecule has 2 fully saturated rings. The first-order valence-electron chi connectivity index (χ1n) is 24.9. The summed E-state index contributed by atoms with van der Waals surface area (Å²) in [5.41, 5.74) is 3.75. The number of carbonyl (C=O) groups is 5. The Bertz CT molecular complexity index is 2910. The zero-order chi connectivity index (χ0) is 57.7. The van der Waals surface area contributed by atoms with Gasteiger partial charge in [0.2, 0.25) is 16.8 Å². The SMILES string of the molecule is COc1cccc2c1C(=O)c1c(O)c3c(c(O)c1C2=O)CC(O)(/C(C=O)=N\NC(=S)NNCc1cccc(OCCCN(C)CCC(O)(C2C(O)OC2CO)P(=O)(O)O)c1)CC3OC1CC(NC(=O)CCC(=O)O)C(O)C(C)O1. The Morgan fingerprint density at radius 3 is 2.43 bits per heavy atom. The van der Waals surface area contributed by atoms with Gasteiger partial charge in [0.15, 0.2) is 30.0 Å². The van der Waals surface area contributed by atoms with E-state index in [9.17, 15) is 74.1 Å². The maximum atomic E-state index is 14.2. The summed E-state index contributed by atoms with van der Waals surface area (Å²) in [7, 11) is -2.20. The fraction of sp³-hybridized carbons (Fsp3) is 0.500. The molecule has 27 nitrogen and oxygen atoms in total. The number of hydrazine groups is 1. The molecule has 0 saturated carbocycles. The van der Waals surface area contributed by atoms with Gasteiger partial charge in [0.25, 0.3) is 0 Å². The Hall–Kier alpha value is -6.08. The highest BCUT2D eigenvalue weighted by atomic mass is 32.1. The summed E-state index contributed by atoms with van der Waals surface area (Å²) in [6.45, 7) is 1.65. The van der Waals surface area contributed by atoms with Gasteiger partial charge >= 0.3 is 13.6 Å². The number of aldehydes is 1. The van der Waals surface area contributed by atoms with E-state index >= 15 is 0 Å². The molecule has 14 N–H and O–H groups in total. The van der Waals surface area contributed by atoms with E-state index in [0.29, 0.717) is 24.3 Å². The Labute approximate surface area is 456 Å². The fourth-order valence-electron chi connectivity index (χ4n) is 10.2. The van der Waals surface area contributed by atoms with Gasteiger partial charge < -0.3 is 84.5 Å². The number of nitrogens with zero attached hydrogens (tertiary/aromatic N) is 2.